The van der Waals surface area contributed by atoms with E-state index in [1.165, 1.54) is 30.4 Å². The van der Waals surface area contributed by atoms with Gasteiger partial charge in [0.05, 0.1) is 0 Å². The number of fused-ring (bicyclic) bond motifs is 1. The van der Waals surface area contributed by atoms with E-state index >= 15 is 0 Å². The highest BCUT2D eigenvalue weighted by Gasteiger charge is 2.17. The Balaban J connectivity index is 1.84. The van der Waals surface area contributed by atoms with E-state index in [0.717, 1.165) is 32.2 Å². The molecule has 0 aliphatic carbocycles. The van der Waals surface area contributed by atoms with Crippen LogP contribution in [0.25, 0.3) is 0 Å². The molecule has 0 radical (unpaired) electrons. The van der Waals surface area contributed by atoms with Crippen molar-refractivity contribution >= 4 is 0 Å². The lowest BCUT2D eigenvalue weighted by Crippen LogP contribution is -2.24. The molecule has 0 amide bonds. The lowest BCUT2D eigenvalue weighted by atomic mass is 9.88. The molecule has 3 rings (SSSR count). The minimum atomic E-state index is 0.730. The molecular weight excluding hydrogens is 198 g/mol. The molecule has 0 spiro atoms. The Bertz CT molecular complexity index is 369. The lowest BCUT2D eigenvalue weighted by Gasteiger charge is -2.25. The zero-order valence-corrected chi connectivity index (χ0v) is 9.67. The zero-order chi connectivity index (χ0) is 10.8. The van der Waals surface area contributed by atoms with E-state index in [4.69, 9.17) is 4.74 Å². The fraction of sp³-hybridized carbons (Fsp3) is 0.571. The molecule has 1 fully saturated rings. The summed E-state index contributed by atoms with van der Waals surface area (Å²) in [4.78, 5) is 0. The number of rotatable bonds is 1. The van der Waals surface area contributed by atoms with E-state index < -0.39 is 0 Å². The number of benzene rings is 1. The van der Waals surface area contributed by atoms with Crippen molar-refractivity contribution in [3.05, 3.63) is 34.9 Å². The van der Waals surface area contributed by atoms with Gasteiger partial charge in [0.2, 0.25) is 0 Å². The van der Waals surface area contributed by atoms with Crippen molar-refractivity contribution in [1.29, 1.82) is 0 Å². The third kappa shape index (κ3) is 2.00. The number of ether oxygens (including phenoxy) is 1. The van der Waals surface area contributed by atoms with Gasteiger partial charge in [0.15, 0.2) is 0 Å². The molecule has 2 heterocycles. The largest absolute Gasteiger partial charge is 0.381 e. The Morgan fingerprint density at radius 1 is 1.12 bits per heavy atom. The zero-order valence-electron chi connectivity index (χ0n) is 9.67. The third-order valence-electron chi connectivity index (χ3n) is 3.81. The van der Waals surface area contributed by atoms with Crippen molar-refractivity contribution in [2.75, 3.05) is 19.8 Å². The maximum Gasteiger partial charge on any atom is 0.0471 e. The molecule has 0 bridgehead atoms. The minimum Gasteiger partial charge on any atom is -0.381 e. The summed E-state index contributed by atoms with van der Waals surface area (Å²) in [6.45, 7) is 4.04. The van der Waals surface area contributed by atoms with Crippen LogP contribution in [0.5, 0.6) is 0 Å². The molecule has 86 valence electrons. The molecule has 0 atom stereocenters. The molecule has 0 saturated carbocycles. The van der Waals surface area contributed by atoms with Crippen LogP contribution in [-0.2, 0) is 17.7 Å². The summed E-state index contributed by atoms with van der Waals surface area (Å²) in [5.74, 6) is 0.730. The molecular formula is C14H19NO. The molecule has 2 nitrogen and oxygen atoms in total. The molecule has 1 aromatic rings. The maximum atomic E-state index is 5.42. The third-order valence-corrected chi connectivity index (χ3v) is 3.81. The number of hydrogen-bond acceptors (Lipinski definition) is 2. The number of nitrogens with one attached hydrogen (secondary N) is 1. The Morgan fingerprint density at radius 2 is 2.00 bits per heavy atom. The van der Waals surface area contributed by atoms with Crippen LogP contribution in [0.15, 0.2) is 18.2 Å². The summed E-state index contributed by atoms with van der Waals surface area (Å²) in [5.41, 5.74) is 4.58. The molecule has 1 N–H and O–H groups in total. The van der Waals surface area contributed by atoms with Crippen molar-refractivity contribution in [3.63, 3.8) is 0 Å². The first kappa shape index (κ1) is 10.3. The van der Waals surface area contributed by atoms with Gasteiger partial charge in [0.1, 0.15) is 0 Å². The summed E-state index contributed by atoms with van der Waals surface area (Å²) in [5, 5.41) is 3.42. The van der Waals surface area contributed by atoms with Crippen LogP contribution in [0.1, 0.15) is 35.4 Å². The summed E-state index contributed by atoms with van der Waals surface area (Å²) < 4.78 is 5.42. The van der Waals surface area contributed by atoms with Crippen LogP contribution in [0.4, 0.5) is 0 Å². The summed E-state index contributed by atoms with van der Waals surface area (Å²) >= 11 is 0. The van der Waals surface area contributed by atoms with Crippen LogP contribution >= 0.6 is 0 Å². The minimum absolute atomic E-state index is 0.730. The molecule has 2 heteroatoms. The highest BCUT2D eigenvalue weighted by Crippen LogP contribution is 2.29. The molecule has 16 heavy (non-hydrogen) atoms. The average molecular weight is 217 g/mol. The molecule has 2 aliphatic heterocycles. The van der Waals surface area contributed by atoms with Gasteiger partial charge in [-0.1, -0.05) is 18.2 Å². The lowest BCUT2D eigenvalue weighted by molar-refractivity contribution is 0.0853. The fourth-order valence-corrected chi connectivity index (χ4v) is 2.78. The SMILES string of the molecule is c1cc2c(cc1C1CCOCC1)CCNC2. The summed E-state index contributed by atoms with van der Waals surface area (Å²) in [6, 6.07) is 7.07. The number of hydrogen-bond donors (Lipinski definition) is 1. The fourth-order valence-electron chi connectivity index (χ4n) is 2.78. The highest BCUT2D eigenvalue weighted by molar-refractivity contribution is 5.35. The van der Waals surface area contributed by atoms with Gasteiger partial charge in [-0.25, -0.2) is 0 Å². The van der Waals surface area contributed by atoms with Crippen LogP contribution in [0, 0.1) is 0 Å². The molecule has 0 aromatic heterocycles. The molecule has 0 unspecified atom stereocenters. The van der Waals surface area contributed by atoms with E-state index in [1.807, 2.05) is 0 Å². The standard InChI is InChI=1S/C14H19NO/c1-2-14-10-15-6-3-13(14)9-12(1)11-4-7-16-8-5-11/h1-2,9,11,15H,3-8,10H2. The Kier molecular flexibility index (Phi) is 2.94. The van der Waals surface area contributed by atoms with Crippen LogP contribution < -0.4 is 5.32 Å². The predicted molar refractivity (Wildman–Crippen MR) is 64.6 cm³/mol. The van der Waals surface area contributed by atoms with Gasteiger partial charge < -0.3 is 10.1 Å². The van der Waals surface area contributed by atoms with Crippen molar-refractivity contribution in [3.8, 4) is 0 Å². The van der Waals surface area contributed by atoms with E-state index in [-0.39, 0.29) is 0 Å². The van der Waals surface area contributed by atoms with E-state index in [2.05, 4.69) is 23.5 Å². The first-order chi connectivity index (χ1) is 7.93. The van der Waals surface area contributed by atoms with Crippen LogP contribution in [0.3, 0.4) is 0 Å². The van der Waals surface area contributed by atoms with Gasteiger partial charge in [0, 0.05) is 19.8 Å². The Morgan fingerprint density at radius 3 is 2.88 bits per heavy atom. The normalized spacial score (nSPS) is 21.8. The van der Waals surface area contributed by atoms with Gasteiger partial charge >= 0.3 is 0 Å². The topological polar surface area (TPSA) is 21.3 Å². The van der Waals surface area contributed by atoms with Crippen molar-refractivity contribution in [2.24, 2.45) is 0 Å². The monoisotopic (exact) mass is 217 g/mol. The molecule has 1 aromatic carbocycles. The van der Waals surface area contributed by atoms with Crippen molar-refractivity contribution in [2.45, 2.75) is 31.7 Å². The summed E-state index contributed by atoms with van der Waals surface area (Å²) in [6.07, 6.45) is 3.57. The van der Waals surface area contributed by atoms with E-state index in [0.29, 0.717) is 0 Å². The van der Waals surface area contributed by atoms with Gasteiger partial charge in [-0.05, 0) is 48.4 Å². The van der Waals surface area contributed by atoms with Crippen LogP contribution in [-0.4, -0.2) is 19.8 Å². The second-order valence-electron chi connectivity index (χ2n) is 4.84. The Hall–Kier alpha value is -0.860. The maximum absolute atomic E-state index is 5.42. The Labute approximate surface area is 97.0 Å². The van der Waals surface area contributed by atoms with E-state index in [1.54, 1.807) is 5.56 Å². The average Bonchev–Trinajstić information content (AvgIpc) is 2.39. The first-order valence-electron chi connectivity index (χ1n) is 6.33. The summed E-state index contributed by atoms with van der Waals surface area (Å²) in [7, 11) is 0. The predicted octanol–water partition coefficient (Wildman–Crippen LogP) is 2.23. The molecule has 1 saturated heterocycles. The first-order valence-corrected chi connectivity index (χ1v) is 6.33. The van der Waals surface area contributed by atoms with Gasteiger partial charge in [0.25, 0.3) is 0 Å². The molecule has 2 aliphatic rings. The van der Waals surface area contributed by atoms with Gasteiger partial charge in [-0.3, -0.25) is 0 Å². The van der Waals surface area contributed by atoms with Gasteiger partial charge in [-0.15, -0.1) is 0 Å². The van der Waals surface area contributed by atoms with Gasteiger partial charge in [-0.2, -0.15) is 0 Å². The van der Waals surface area contributed by atoms with E-state index in [9.17, 15) is 0 Å². The second-order valence-corrected chi connectivity index (χ2v) is 4.84. The van der Waals surface area contributed by atoms with Crippen LogP contribution in [0.2, 0.25) is 0 Å². The van der Waals surface area contributed by atoms with Crippen molar-refractivity contribution in [1.82, 2.24) is 5.32 Å². The van der Waals surface area contributed by atoms with Crippen molar-refractivity contribution < 1.29 is 4.74 Å². The smallest absolute Gasteiger partial charge is 0.0471 e. The highest BCUT2D eigenvalue weighted by atomic mass is 16.5. The second kappa shape index (κ2) is 4.56. The quantitative estimate of drug-likeness (QED) is 0.779.